The number of hydrogen-bond donors (Lipinski definition) is 2. The number of rotatable bonds is 6. The third-order valence-electron chi connectivity index (χ3n) is 3.19. The summed E-state index contributed by atoms with van der Waals surface area (Å²) in [4.78, 5) is 12.1. The van der Waals surface area contributed by atoms with Crippen LogP contribution in [-0.4, -0.2) is 27.5 Å². The average Bonchev–Trinajstić information content (AvgIpc) is 3.18. The fraction of sp³-hybridized carbons (Fsp3) is 0.667. The van der Waals surface area contributed by atoms with Crippen LogP contribution >= 0.6 is 15.9 Å². The molecule has 1 fully saturated rings. The van der Waals surface area contributed by atoms with E-state index in [9.17, 15) is 4.79 Å². The van der Waals surface area contributed by atoms with Crippen LogP contribution in [0.3, 0.4) is 0 Å². The molecule has 6 heteroatoms. The first kappa shape index (κ1) is 13.5. The van der Waals surface area contributed by atoms with Crippen LogP contribution < -0.4 is 10.9 Å². The van der Waals surface area contributed by atoms with Gasteiger partial charge in [-0.15, -0.1) is 0 Å². The lowest BCUT2D eigenvalue weighted by Crippen LogP contribution is -2.28. The van der Waals surface area contributed by atoms with Crippen molar-refractivity contribution in [2.75, 3.05) is 11.9 Å². The van der Waals surface area contributed by atoms with Crippen molar-refractivity contribution in [1.29, 1.82) is 0 Å². The molecule has 1 saturated carbocycles. The van der Waals surface area contributed by atoms with E-state index in [2.05, 4.69) is 26.3 Å². The maximum atomic E-state index is 12.1. The van der Waals surface area contributed by atoms with Crippen LogP contribution in [0.1, 0.15) is 26.2 Å². The molecular weight excluding hydrogens is 298 g/mol. The van der Waals surface area contributed by atoms with Crippen molar-refractivity contribution < 1.29 is 5.11 Å². The van der Waals surface area contributed by atoms with Gasteiger partial charge in [0.1, 0.15) is 4.47 Å². The van der Waals surface area contributed by atoms with E-state index in [1.165, 1.54) is 17.5 Å². The van der Waals surface area contributed by atoms with Gasteiger partial charge in [-0.3, -0.25) is 4.79 Å². The van der Waals surface area contributed by atoms with E-state index in [0.717, 1.165) is 6.42 Å². The summed E-state index contributed by atoms with van der Waals surface area (Å²) in [7, 11) is 0. The van der Waals surface area contributed by atoms with Crippen LogP contribution in [-0.2, 0) is 6.54 Å². The molecule has 1 atom stereocenters. The molecule has 0 aliphatic heterocycles. The molecule has 1 aromatic heterocycles. The number of nitrogens with one attached hydrogen (secondary N) is 1. The summed E-state index contributed by atoms with van der Waals surface area (Å²) < 4.78 is 2.00. The highest BCUT2D eigenvalue weighted by molar-refractivity contribution is 9.10. The Morgan fingerprint density at radius 3 is 2.94 bits per heavy atom. The second kappa shape index (κ2) is 5.84. The standard InChI is InChI=1S/C12H18BrN3O2/c1-2-9(7-17)15-10-5-14-16(6-8-3-4-8)12(18)11(10)13/h5,8-9,15,17H,2-4,6-7H2,1H3. The van der Waals surface area contributed by atoms with Gasteiger partial charge in [-0.25, -0.2) is 4.68 Å². The predicted octanol–water partition coefficient (Wildman–Crippen LogP) is 1.60. The fourth-order valence-corrected chi connectivity index (χ4v) is 2.16. The molecule has 5 nitrogen and oxygen atoms in total. The van der Waals surface area contributed by atoms with Gasteiger partial charge < -0.3 is 10.4 Å². The van der Waals surface area contributed by atoms with Gasteiger partial charge in [0.25, 0.3) is 5.56 Å². The van der Waals surface area contributed by atoms with Gasteiger partial charge in [-0.2, -0.15) is 5.10 Å². The van der Waals surface area contributed by atoms with Crippen LogP contribution in [0.4, 0.5) is 5.69 Å². The first-order valence-corrected chi connectivity index (χ1v) is 7.08. The molecule has 1 aromatic rings. The van der Waals surface area contributed by atoms with Crippen molar-refractivity contribution in [3.8, 4) is 0 Å². The number of aromatic nitrogens is 2. The number of anilines is 1. The highest BCUT2D eigenvalue weighted by Gasteiger charge is 2.23. The zero-order chi connectivity index (χ0) is 13.1. The molecular formula is C12H18BrN3O2. The summed E-state index contributed by atoms with van der Waals surface area (Å²) in [6.45, 7) is 2.71. The van der Waals surface area contributed by atoms with Gasteiger partial charge in [-0.1, -0.05) is 6.92 Å². The third kappa shape index (κ3) is 3.11. The predicted molar refractivity (Wildman–Crippen MR) is 73.7 cm³/mol. The Bertz CT molecular complexity index is 467. The summed E-state index contributed by atoms with van der Waals surface area (Å²) in [6.07, 6.45) is 4.81. The fourth-order valence-electron chi connectivity index (χ4n) is 1.74. The molecule has 1 aliphatic rings. The van der Waals surface area contributed by atoms with E-state index in [0.29, 0.717) is 22.6 Å². The Kier molecular flexibility index (Phi) is 4.40. The molecule has 0 saturated heterocycles. The molecule has 2 rings (SSSR count). The van der Waals surface area contributed by atoms with Gasteiger partial charge in [-0.05, 0) is 41.1 Å². The lowest BCUT2D eigenvalue weighted by atomic mass is 10.2. The van der Waals surface area contributed by atoms with Gasteiger partial charge in [0, 0.05) is 12.6 Å². The lowest BCUT2D eigenvalue weighted by molar-refractivity contribution is 0.271. The van der Waals surface area contributed by atoms with Crippen molar-refractivity contribution in [3.63, 3.8) is 0 Å². The zero-order valence-electron chi connectivity index (χ0n) is 10.4. The molecule has 1 aliphatic carbocycles. The Labute approximate surface area is 114 Å². The van der Waals surface area contributed by atoms with E-state index in [4.69, 9.17) is 5.11 Å². The minimum absolute atomic E-state index is 0.0358. The number of halogens is 1. The smallest absolute Gasteiger partial charge is 0.283 e. The highest BCUT2D eigenvalue weighted by Crippen LogP contribution is 2.30. The quantitative estimate of drug-likeness (QED) is 0.836. The number of aliphatic hydroxyl groups is 1. The second-order valence-electron chi connectivity index (χ2n) is 4.73. The van der Waals surface area contributed by atoms with Crippen LogP contribution in [0.25, 0.3) is 0 Å². The number of aliphatic hydroxyl groups excluding tert-OH is 1. The third-order valence-corrected chi connectivity index (χ3v) is 3.95. The van der Waals surface area contributed by atoms with Crippen molar-refractivity contribution >= 4 is 21.6 Å². The van der Waals surface area contributed by atoms with E-state index >= 15 is 0 Å². The molecule has 0 amide bonds. The summed E-state index contributed by atoms with van der Waals surface area (Å²) in [5, 5.41) is 16.4. The van der Waals surface area contributed by atoms with Gasteiger partial charge in [0.05, 0.1) is 18.5 Å². The maximum absolute atomic E-state index is 12.1. The Morgan fingerprint density at radius 2 is 2.39 bits per heavy atom. The molecule has 0 radical (unpaired) electrons. The van der Waals surface area contributed by atoms with Crippen molar-refractivity contribution in [1.82, 2.24) is 9.78 Å². The van der Waals surface area contributed by atoms with Crippen molar-refractivity contribution in [2.24, 2.45) is 5.92 Å². The first-order valence-electron chi connectivity index (χ1n) is 6.28. The maximum Gasteiger partial charge on any atom is 0.283 e. The average molecular weight is 316 g/mol. The Hall–Kier alpha value is -0.880. The molecule has 18 heavy (non-hydrogen) atoms. The minimum Gasteiger partial charge on any atom is -0.394 e. The van der Waals surface area contributed by atoms with Crippen molar-refractivity contribution in [3.05, 3.63) is 21.0 Å². The molecule has 0 bridgehead atoms. The van der Waals surface area contributed by atoms with E-state index < -0.39 is 0 Å². The normalized spacial score (nSPS) is 16.6. The monoisotopic (exact) mass is 315 g/mol. The van der Waals surface area contributed by atoms with Crippen LogP contribution in [0.15, 0.2) is 15.5 Å². The highest BCUT2D eigenvalue weighted by atomic mass is 79.9. The largest absolute Gasteiger partial charge is 0.394 e. The molecule has 2 N–H and O–H groups in total. The number of nitrogens with zero attached hydrogens (tertiary/aromatic N) is 2. The van der Waals surface area contributed by atoms with E-state index in [1.807, 2.05) is 6.92 Å². The molecule has 100 valence electrons. The zero-order valence-corrected chi connectivity index (χ0v) is 12.0. The Balaban J connectivity index is 2.17. The van der Waals surface area contributed by atoms with Gasteiger partial charge in [0.2, 0.25) is 0 Å². The first-order chi connectivity index (χ1) is 8.65. The van der Waals surface area contributed by atoms with Crippen LogP contribution in [0.5, 0.6) is 0 Å². The van der Waals surface area contributed by atoms with Crippen molar-refractivity contribution in [2.45, 2.75) is 38.8 Å². The molecule has 1 heterocycles. The second-order valence-corrected chi connectivity index (χ2v) is 5.53. The lowest BCUT2D eigenvalue weighted by Gasteiger charge is -2.16. The van der Waals surface area contributed by atoms with E-state index in [1.54, 1.807) is 6.20 Å². The van der Waals surface area contributed by atoms with E-state index in [-0.39, 0.29) is 18.2 Å². The SMILES string of the molecule is CCC(CO)Nc1cnn(CC2CC2)c(=O)c1Br. The molecule has 0 spiro atoms. The summed E-state index contributed by atoms with van der Waals surface area (Å²) in [5.74, 6) is 0.613. The van der Waals surface area contributed by atoms with Crippen LogP contribution in [0, 0.1) is 5.92 Å². The topological polar surface area (TPSA) is 67.2 Å². The summed E-state index contributed by atoms with van der Waals surface area (Å²) in [5.41, 5.74) is 0.535. The summed E-state index contributed by atoms with van der Waals surface area (Å²) in [6, 6.07) is -0.0539. The molecule has 1 unspecified atom stereocenters. The van der Waals surface area contributed by atoms with Gasteiger partial charge in [0.15, 0.2) is 0 Å². The minimum atomic E-state index is -0.111. The van der Waals surface area contributed by atoms with Crippen LogP contribution in [0.2, 0.25) is 0 Å². The summed E-state index contributed by atoms with van der Waals surface area (Å²) >= 11 is 3.31. The van der Waals surface area contributed by atoms with Gasteiger partial charge >= 0.3 is 0 Å². The number of hydrogen-bond acceptors (Lipinski definition) is 4. The molecule has 0 aromatic carbocycles. The Morgan fingerprint density at radius 1 is 1.67 bits per heavy atom.